The second-order valence-electron chi connectivity index (χ2n) is 5.34. The minimum absolute atomic E-state index is 0.106. The van der Waals surface area contributed by atoms with Crippen LogP contribution < -0.4 is 21.3 Å². The number of rotatable bonds is 1. The predicted octanol–water partition coefficient (Wildman–Crippen LogP) is 1.70. The van der Waals surface area contributed by atoms with Crippen LogP contribution in [0.3, 0.4) is 0 Å². The molecule has 1 amide bonds. The van der Waals surface area contributed by atoms with Gasteiger partial charge < -0.3 is 0 Å². The Labute approximate surface area is 125 Å². The number of nitrogens with one attached hydrogen (secondary N) is 3. The highest BCUT2D eigenvalue weighted by Crippen LogP contribution is 2.34. The monoisotopic (exact) mass is 312 g/mol. The number of hydrogen-bond donors (Lipinski definition) is 3. The normalized spacial score (nSPS) is 25.3. The Morgan fingerprint density at radius 3 is 2.64 bits per heavy atom. The minimum atomic E-state index is -4.41. The molecule has 118 valence electrons. The summed E-state index contributed by atoms with van der Waals surface area (Å²) in [5.74, 6) is -0.262. The van der Waals surface area contributed by atoms with Crippen molar-refractivity contribution < 1.29 is 18.0 Å². The standard InChI is InChI=1S/C14H15F3N4O/c1-7-11-8(2)21(20-12(11)13(22)19-18-7)10-5-3-4-9(6-10)14(15,16)17/h3-7,12,18,20H,1-2H3,(H,19,22). The van der Waals surface area contributed by atoms with Crippen LogP contribution in [0.15, 0.2) is 35.5 Å². The molecular formula is C14H15F3N4O. The van der Waals surface area contributed by atoms with Crippen molar-refractivity contribution in [2.45, 2.75) is 32.1 Å². The maximum Gasteiger partial charge on any atom is 0.416 e. The van der Waals surface area contributed by atoms with E-state index in [0.717, 1.165) is 23.4 Å². The van der Waals surface area contributed by atoms with Gasteiger partial charge >= 0.3 is 6.18 Å². The van der Waals surface area contributed by atoms with Gasteiger partial charge in [-0.3, -0.25) is 15.2 Å². The summed E-state index contributed by atoms with van der Waals surface area (Å²) < 4.78 is 38.5. The first kappa shape index (κ1) is 14.9. The number of anilines is 1. The molecule has 2 atom stereocenters. The van der Waals surface area contributed by atoms with Gasteiger partial charge in [0.1, 0.15) is 6.04 Å². The Morgan fingerprint density at radius 2 is 2.00 bits per heavy atom. The molecule has 0 radical (unpaired) electrons. The van der Waals surface area contributed by atoms with Crippen LogP contribution in [0.25, 0.3) is 0 Å². The summed E-state index contributed by atoms with van der Waals surface area (Å²) in [4.78, 5) is 11.9. The van der Waals surface area contributed by atoms with Gasteiger partial charge in [0.15, 0.2) is 0 Å². The molecule has 0 aromatic heterocycles. The third kappa shape index (κ3) is 2.34. The van der Waals surface area contributed by atoms with Gasteiger partial charge in [-0.15, -0.1) is 0 Å². The quantitative estimate of drug-likeness (QED) is 0.739. The molecule has 2 aliphatic rings. The molecule has 0 saturated carbocycles. The van der Waals surface area contributed by atoms with E-state index in [1.165, 1.54) is 11.1 Å². The molecule has 5 nitrogen and oxygen atoms in total. The van der Waals surface area contributed by atoms with Crippen molar-refractivity contribution in [1.82, 2.24) is 16.3 Å². The van der Waals surface area contributed by atoms with Gasteiger partial charge in [-0.05, 0) is 37.6 Å². The molecular weight excluding hydrogens is 297 g/mol. The molecule has 8 heteroatoms. The van der Waals surface area contributed by atoms with E-state index in [4.69, 9.17) is 0 Å². The molecule has 1 aromatic carbocycles. The van der Waals surface area contributed by atoms with Crippen LogP contribution in [-0.4, -0.2) is 18.0 Å². The third-order valence-corrected chi connectivity index (χ3v) is 3.89. The topological polar surface area (TPSA) is 56.4 Å². The molecule has 2 unspecified atom stereocenters. The molecule has 2 aliphatic heterocycles. The summed E-state index contributed by atoms with van der Waals surface area (Å²) in [5, 5.41) is 1.53. The summed E-state index contributed by atoms with van der Waals surface area (Å²) in [7, 11) is 0. The molecule has 22 heavy (non-hydrogen) atoms. The van der Waals surface area contributed by atoms with Gasteiger partial charge in [0, 0.05) is 11.7 Å². The Kier molecular flexibility index (Phi) is 3.37. The fraction of sp³-hybridized carbons (Fsp3) is 0.357. The van der Waals surface area contributed by atoms with E-state index in [-0.39, 0.29) is 11.9 Å². The average molecular weight is 312 g/mol. The largest absolute Gasteiger partial charge is 0.416 e. The average Bonchev–Trinajstić information content (AvgIpc) is 2.81. The van der Waals surface area contributed by atoms with E-state index in [9.17, 15) is 18.0 Å². The fourth-order valence-electron chi connectivity index (χ4n) is 2.82. The second-order valence-corrected chi connectivity index (χ2v) is 5.34. The highest BCUT2D eigenvalue weighted by atomic mass is 19.4. The first-order chi connectivity index (χ1) is 10.3. The van der Waals surface area contributed by atoms with E-state index in [0.29, 0.717) is 5.69 Å². The van der Waals surface area contributed by atoms with E-state index in [1.807, 2.05) is 6.92 Å². The number of nitrogens with zero attached hydrogens (tertiary/aromatic N) is 1. The van der Waals surface area contributed by atoms with Crippen molar-refractivity contribution in [1.29, 1.82) is 0 Å². The number of hydrazine groups is 2. The number of carbonyl (C=O) groups is 1. The van der Waals surface area contributed by atoms with Gasteiger partial charge in [0.2, 0.25) is 0 Å². The van der Waals surface area contributed by atoms with Crippen LogP contribution in [0.4, 0.5) is 18.9 Å². The zero-order chi connectivity index (χ0) is 16.1. The van der Waals surface area contributed by atoms with E-state index in [2.05, 4.69) is 16.3 Å². The summed E-state index contributed by atoms with van der Waals surface area (Å²) in [6, 6.07) is 4.31. The van der Waals surface area contributed by atoms with E-state index >= 15 is 0 Å². The molecule has 1 fully saturated rings. The maximum absolute atomic E-state index is 12.8. The van der Waals surface area contributed by atoms with Crippen molar-refractivity contribution in [3.63, 3.8) is 0 Å². The number of benzene rings is 1. The molecule has 2 heterocycles. The summed E-state index contributed by atoms with van der Waals surface area (Å²) >= 11 is 0. The van der Waals surface area contributed by atoms with Crippen molar-refractivity contribution in [2.75, 3.05) is 5.01 Å². The van der Waals surface area contributed by atoms with Gasteiger partial charge in [0.25, 0.3) is 5.91 Å². The zero-order valence-electron chi connectivity index (χ0n) is 12.0. The first-order valence-electron chi connectivity index (χ1n) is 6.78. The lowest BCUT2D eigenvalue weighted by atomic mass is 9.98. The van der Waals surface area contributed by atoms with Crippen LogP contribution in [0, 0.1) is 0 Å². The van der Waals surface area contributed by atoms with E-state index in [1.54, 1.807) is 13.0 Å². The van der Waals surface area contributed by atoms with Crippen LogP contribution >= 0.6 is 0 Å². The number of alkyl halides is 3. The molecule has 3 N–H and O–H groups in total. The SMILES string of the molecule is CC1=C2C(C)NNC(=O)C2NN1c1cccc(C(F)(F)F)c1. The molecule has 1 aromatic rings. The number of halogens is 3. The lowest BCUT2D eigenvalue weighted by Gasteiger charge is -2.27. The van der Waals surface area contributed by atoms with Crippen molar-refractivity contribution in [2.24, 2.45) is 0 Å². The molecule has 0 bridgehead atoms. The van der Waals surface area contributed by atoms with Gasteiger partial charge in [-0.2, -0.15) is 13.2 Å². The summed E-state index contributed by atoms with van der Waals surface area (Å²) in [6.07, 6.45) is -4.41. The molecule has 1 saturated heterocycles. The fourth-order valence-corrected chi connectivity index (χ4v) is 2.82. The second kappa shape index (κ2) is 4.99. The third-order valence-electron chi connectivity index (χ3n) is 3.89. The number of carbonyl (C=O) groups excluding carboxylic acids is 1. The van der Waals surface area contributed by atoms with Gasteiger partial charge in [-0.1, -0.05) is 6.07 Å². The van der Waals surface area contributed by atoms with Gasteiger partial charge in [-0.25, -0.2) is 10.9 Å². The number of fused-ring (bicyclic) bond motifs is 1. The Hall–Kier alpha value is -2.06. The Balaban J connectivity index is 1.99. The van der Waals surface area contributed by atoms with Crippen LogP contribution in [0.5, 0.6) is 0 Å². The minimum Gasteiger partial charge on any atom is -0.289 e. The lowest BCUT2D eigenvalue weighted by Crippen LogP contribution is -2.59. The molecule has 0 aliphatic carbocycles. The summed E-state index contributed by atoms with van der Waals surface area (Å²) in [5.41, 5.74) is 9.49. The van der Waals surface area contributed by atoms with Gasteiger partial charge in [0.05, 0.1) is 11.3 Å². The lowest BCUT2D eigenvalue weighted by molar-refractivity contribution is -0.137. The Bertz CT molecular complexity index is 656. The predicted molar refractivity (Wildman–Crippen MR) is 74.3 cm³/mol. The Morgan fingerprint density at radius 1 is 1.27 bits per heavy atom. The van der Waals surface area contributed by atoms with Crippen LogP contribution in [0.2, 0.25) is 0 Å². The van der Waals surface area contributed by atoms with Crippen molar-refractivity contribution in [3.05, 3.63) is 41.1 Å². The molecule has 3 rings (SSSR count). The zero-order valence-corrected chi connectivity index (χ0v) is 12.0. The number of amides is 1. The maximum atomic E-state index is 12.8. The number of hydrogen-bond acceptors (Lipinski definition) is 4. The van der Waals surface area contributed by atoms with Crippen molar-refractivity contribution in [3.8, 4) is 0 Å². The molecule has 0 spiro atoms. The highest BCUT2D eigenvalue weighted by molar-refractivity contribution is 5.88. The van der Waals surface area contributed by atoms with E-state index < -0.39 is 17.8 Å². The van der Waals surface area contributed by atoms with Crippen LogP contribution in [-0.2, 0) is 11.0 Å². The first-order valence-corrected chi connectivity index (χ1v) is 6.78. The van der Waals surface area contributed by atoms with Crippen LogP contribution in [0.1, 0.15) is 19.4 Å². The number of allylic oxidation sites excluding steroid dienone is 1. The summed E-state index contributed by atoms with van der Waals surface area (Å²) in [6.45, 7) is 3.65. The van der Waals surface area contributed by atoms with Crippen molar-refractivity contribution >= 4 is 11.6 Å². The highest BCUT2D eigenvalue weighted by Gasteiger charge is 2.40. The smallest absolute Gasteiger partial charge is 0.289 e.